The van der Waals surface area contributed by atoms with E-state index in [0.717, 1.165) is 12.0 Å². The number of nitrogens with two attached hydrogens (primary N) is 1. The third-order valence-electron chi connectivity index (χ3n) is 4.18. The molecule has 21 heavy (non-hydrogen) atoms. The Morgan fingerprint density at radius 2 is 1.95 bits per heavy atom. The average molecular weight is 331 g/mol. The highest BCUT2D eigenvalue weighted by Gasteiger charge is 2.20. The monoisotopic (exact) mass is 330 g/mol. The predicted molar refractivity (Wildman–Crippen MR) is 87.0 cm³/mol. The number of halogens is 1. The lowest BCUT2D eigenvalue weighted by Gasteiger charge is -2.21. The number of sulfonamides is 1. The maximum Gasteiger partial charge on any atom is 0.242 e. The molecule has 2 rings (SSSR count). The Kier molecular flexibility index (Phi) is 5.52. The summed E-state index contributed by atoms with van der Waals surface area (Å²) in [5.74, 6) is 0.639. The molecule has 0 saturated heterocycles. The molecular weight excluding hydrogens is 308 g/mol. The van der Waals surface area contributed by atoms with Crippen LogP contribution < -0.4 is 10.5 Å². The zero-order valence-electron chi connectivity index (χ0n) is 12.4. The predicted octanol–water partition coefficient (Wildman–Crippen LogP) is 3.48. The van der Waals surface area contributed by atoms with Crippen LogP contribution in [0.3, 0.4) is 0 Å². The molecule has 1 aromatic rings. The fourth-order valence-corrected chi connectivity index (χ4v) is 4.49. The Morgan fingerprint density at radius 3 is 2.62 bits per heavy atom. The Bertz CT molecular complexity index is 596. The molecule has 0 aromatic heterocycles. The van der Waals surface area contributed by atoms with Crippen LogP contribution in [0.5, 0.6) is 0 Å². The summed E-state index contributed by atoms with van der Waals surface area (Å²) in [6.45, 7) is 2.26. The Labute approximate surface area is 132 Å². The summed E-state index contributed by atoms with van der Waals surface area (Å²) in [5, 5.41) is 0.215. The van der Waals surface area contributed by atoms with Crippen LogP contribution in [-0.2, 0) is 10.0 Å². The Balaban J connectivity index is 1.99. The van der Waals surface area contributed by atoms with Gasteiger partial charge in [-0.25, -0.2) is 13.1 Å². The van der Waals surface area contributed by atoms with E-state index in [4.69, 9.17) is 17.3 Å². The van der Waals surface area contributed by atoms with E-state index in [2.05, 4.69) is 4.72 Å². The lowest BCUT2D eigenvalue weighted by atomic mass is 9.87. The van der Waals surface area contributed by atoms with E-state index in [9.17, 15) is 8.42 Å². The van der Waals surface area contributed by atoms with Gasteiger partial charge in [-0.1, -0.05) is 43.7 Å². The van der Waals surface area contributed by atoms with Crippen molar-refractivity contribution in [3.63, 3.8) is 0 Å². The van der Waals surface area contributed by atoms with Gasteiger partial charge in [-0.15, -0.1) is 0 Å². The highest BCUT2D eigenvalue weighted by molar-refractivity contribution is 7.89. The summed E-state index contributed by atoms with van der Waals surface area (Å²) >= 11 is 6.04. The van der Waals surface area contributed by atoms with Crippen LogP contribution in [0.1, 0.15) is 44.1 Å². The maximum atomic E-state index is 12.3. The lowest BCUT2D eigenvalue weighted by Crippen LogP contribution is -2.27. The quantitative estimate of drug-likeness (QED) is 0.812. The summed E-state index contributed by atoms with van der Waals surface area (Å²) in [7, 11) is -3.59. The minimum Gasteiger partial charge on any atom is -0.398 e. The van der Waals surface area contributed by atoms with Crippen LogP contribution in [0, 0.1) is 12.8 Å². The first-order valence-corrected chi connectivity index (χ1v) is 9.31. The number of rotatable bonds is 5. The zero-order valence-corrected chi connectivity index (χ0v) is 13.9. The molecule has 1 aliphatic rings. The van der Waals surface area contributed by atoms with E-state index in [1.807, 2.05) is 0 Å². The highest BCUT2D eigenvalue weighted by atomic mass is 35.5. The van der Waals surface area contributed by atoms with Crippen LogP contribution >= 0.6 is 11.6 Å². The minimum atomic E-state index is -3.59. The van der Waals surface area contributed by atoms with Gasteiger partial charge in [-0.05, 0) is 37.0 Å². The highest BCUT2D eigenvalue weighted by Crippen LogP contribution is 2.28. The summed E-state index contributed by atoms with van der Waals surface area (Å²) in [4.78, 5) is 0.0657. The van der Waals surface area contributed by atoms with Crippen molar-refractivity contribution in [2.24, 2.45) is 5.92 Å². The summed E-state index contributed by atoms with van der Waals surface area (Å²) in [6, 6.07) is 3.02. The van der Waals surface area contributed by atoms with Crippen molar-refractivity contribution in [3.8, 4) is 0 Å². The van der Waals surface area contributed by atoms with E-state index < -0.39 is 10.0 Å². The van der Waals surface area contributed by atoms with Crippen LogP contribution in [0.2, 0.25) is 5.02 Å². The van der Waals surface area contributed by atoms with Gasteiger partial charge in [0, 0.05) is 12.2 Å². The summed E-state index contributed by atoms with van der Waals surface area (Å²) < 4.78 is 27.3. The number of hydrogen-bond acceptors (Lipinski definition) is 3. The molecule has 1 saturated carbocycles. The maximum absolute atomic E-state index is 12.3. The van der Waals surface area contributed by atoms with Crippen molar-refractivity contribution in [2.75, 3.05) is 12.3 Å². The first-order valence-electron chi connectivity index (χ1n) is 7.45. The van der Waals surface area contributed by atoms with Crippen LogP contribution in [0.15, 0.2) is 17.0 Å². The number of hydrogen-bond donors (Lipinski definition) is 2. The van der Waals surface area contributed by atoms with E-state index in [1.165, 1.54) is 38.2 Å². The molecular formula is C15H23ClN2O2S. The van der Waals surface area contributed by atoms with Gasteiger partial charge in [0.25, 0.3) is 0 Å². The second kappa shape index (κ2) is 6.99. The van der Waals surface area contributed by atoms with Gasteiger partial charge < -0.3 is 5.73 Å². The van der Waals surface area contributed by atoms with E-state index in [1.54, 1.807) is 13.0 Å². The van der Waals surface area contributed by atoms with Crippen molar-refractivity contribution < 1.29 is 8.42 Å². The van der Waals surface area contributed by atoms with E-state index in [-0.39, 0.29) is 9.92 Å². The molecule has 0 bridgehead atoms. The third-order valence-corrected chi connectivity index (χ3v) is 6.11. The molecule has 0 aliphatic heterocycles. The molecule has 0 amide bonds. The molecule has 0 radical (unpaired) electrons. The number of benzene rings is 1. The zero-order chi connectivity index (χ0) is 15.5. The van der Waals surface area contributed by atoms with Gasteiger partial charge in [0.15, 0.2) is 0 Å². The molecule has 1 aromatic carbocycles. The van der Waals surface area contributed by atoms with Crippen molar-refractivity contribution in [1.29, 1.82) is 0 Å². The fraction of sp³-hybridized carbons (Fsp3) is 0.600. The first kappa shape index (κ1) is 16.6. The standard InChI is InChI=1S/C15H23ClN2O2S/c1-11-9-13(16)15(10-14(11)17)21(19,20)18-8-7-12-5-3-2-4-6-12/h9-10,12,18H,2-8,17H2,1H3. The molecule has 0 spiro atoms. The largest absolute Gasteiger partial charge is 0.398 e. The number of nitrogen functional groups attached to an aromatic ring is 1. The normalized spacial score (nSPS) is 17.0. The van der Waals surface area contributed by atoms with Crippen LogP contribution in [0.4, 0.5) is 5.69 Å². The van der Waals surface area contributed by atoms with Crippen molar-refractivity contribution >= 4 is 27.3 Å². The van der Waals surface area contributed by atoms with Crippen molar-refractivity contribution in [2.45, 2.75) is 50.3 Å². The van der Waals surface area contributed by atoms with Gasteiger partial charge in [-0.3, -0.25) is 0 Å². The first-order chi connectivity index (χ1) is 9.90. The summed E-state index contributed by atoms with van der Waals surface area (Å²) in [6.07, 6.45) is 7.13. The number of aryl methyl sites for hydroxylation is 1. The van der Waals surface area contributed by atoms with Crippen molar-refractivity contribution in [1.82, 2.24) is 4.72 Å². The van der Waals surface area contributed by atoms with Crippen LogP contribution in [-0.4, -0.2) is 15.0 Å². The van der Waals surface area contributed by atoms with Crippen molar-refractivity contribution in [3.05, 3.63) is 22.7 Å². The molecule has 6 heteroatoms. The van der Waals surface area contributed by atoms with E-state index in [0.29, 0.717) is 18.2 Å². The summed E-state index contributed by atoms with van der Waals surface area (Å²) in [5.41, 5.74) is 7.00. The molecule has 0 unspecified atom stereocenters. The molecule has 0 atom stereocenters. The molecule has 4 nitrogen and oxygen atoms in total. The molecule has 118 valence electrons. The lowest BCUT2D eigenvalue weighted by molar-refractivity contribution is 0.339. The second-order valence-corrected chi connectivity index (χ2v) is 7.97. The van der Waals surface area contributed by atoms with Gasteiger partial charge in [-0.2, -0.15) is 0 Å². The number of nitrogens with one attached hydrogen (secondary N) is 1. The third kappa shape index (κ3) is 4.34. The minimum absolute atomic E-state index is 0.0657. The van der Waals surface area contributed by atoms with Gasteiger partial charge in [0.1, 0.15) is 4.90 Å². The Hall–Kier alpha value is -0.780. The molecule has 1 aliphatic carbocycles. The van der Waals surface area contributed by atoms with Gasteiger partial charge >= 0.3 is 0 Å². The smallest absolute Gasteiger partial charge is 0.242 e. The molecule has 1 fully saturated rings. The number of anilines is 1. The Morgan fingerprint density at radius 1 is 1.29 bits per heavy atom. The second-order valence-electron chi connectivity index (χ2n) is 5.83. The topological polar surface area (TPSA) is 72.2 Å². The van der Waals surface area contributed by atoms with Crippen LogP contribution in [0.25, 0.3) is 0 Å². The average Bonchev–Trinajstić information content (AvgIpc) is 2.43. The van der Waals surface area contributed by atoms with Gasteiger partial charge in [0.05, 0.1) is 5.02 Å². The van der Waals surface area contributed by atoms with Gasteiger partial charge in [0.2, 0.25) is 10.0 Å². The fourth-order valence-electron chi connectivity index (χ4n) is 2.83. The van der Waals surface area contributed by atoms with E-state index >= 15 is 0 Å². The molecule has 0 heterocycles. The molecule has 3 N–H and O–H groups in total. The SMILES string of the molecule is Cc1cc(Cl)c(S(=O)(=O)NCCC2CCCCC2)cc1N.